The van der Waals surface area contributed by atoms with Crippen LogP contribution in [0.15, 0.2) is 35.9 Å². The zero-order valence-electron chi connectivity index (χ0n) is 18.7. The van der Waals surface area contributed by atoms with E-state index in [0.29, 0.717) is 17.2 Å². The number of anilines is 1. The summed E-state index contributed by atoms with van der Waals surface area (Å²) in [5.41, 5.74) is 5.99. The Morgan fingerprint density at radius 2 is 1.77 bits per heavy atom. The molecule has 1 aliphatic rings. The highest BCUT2D eigenvalue weighted by Gasteiger charge is 2.16. The molecule has 1 fully saturated rings. The highest BCUT2D eigenvalue weighted by atomic mass is 19.1. The Hall–Kier alpha value is -2.62. The SMILES string of the molecule is CC(=Cc1cc(C)c(-c2ccc(NC3CCCC3)cc2F)cc1C)C(=O)NC(C)C. The number of rotatable bonds is 6. The van der Waals surface area contributed by atoms with Gasteiger partial charge < -0.3 is 10.6 Å². The third-order valence-electron chi connectivity index (χ3n) is 5.75. The molecule has 1 amide bonds. The van der Waals surface area contributed by atoms with Crippen LogP contribution >= 0.6 is 0 Å². The van der Waals surface area contributed by atoms with Crippen LogP contribution in [0.5, 0.6) is 0 Å². The first-order valence-electron chi connectivity index (χ1n) is 10.9. The van der Waals surface area contributed by atoms with Gasteiger partial charge in [0.25, 0.3) is 0 Å². The van der Waals surface area contributed by atoms with Crippen molar-refractivity contribution in [3.63, 3.8) is 0 Å². The third-order valence-corrected chi connectivity index (χ3v) is 5.75. The molecule has 2 aromatic carbocycles. The number of amides is 1. The molecule has 0 atom stereocenters. The predicted octanol–water partition coefficient (Wildman–Crippen LogP) is 6.39. The fourth-order valence-electron chi connectivity index (χ4n) is 4.09. The molecule has 0 aliphatic heterocycles. The van der Waals surface area contributed by atoms with Gasteiger partial charge in [0.05, 0.1) is 0 Å². The largest absolute Gasteiger partial charge is 0.382 e. The number of benzene rings is 2. The van der Waals surface area contributed by atoms with E-state index in [1.54, 1.807) is 6.07 Å². The van der Waals surface area contributed by atoms with Crippen molar-refractivity contribution in [2.24, 2.45) is 0 Å². The molecule has 0 spiro atoms. The van der Waals surface area contributed by atoms with Crippen LogP contribution in [0.3, 0.4) is 0 Å². The summed E-state index contributed by atoms with van der Waals surface area (Å²) in [7, 11) is 0. The molecule has 0 heterocycles. The number of halogens is 1. The molecule has 0 bridgehead atoms. The first-order chi connectivity index (χ1) is 14.2. The third kappa shape index (κ3) is 5.29. The van der Waals surface area contributed by atoms with Crippen molar-refractivity contribution in [2.45, 2.75) is 72.4 Å². The molecule has 1 saturated carbocycles. The predicted molar refractivity (Wildman–Crippen MR) is 124 cm³/mol. The monoisotopic (exact) mass is 408 g/mol. The molecule has 30 heavy (non-hydrogen) atoms. The molecular formula is C26H33FN2O. The fraction of sp³-hybridized carbons (Fsp3) is 0.423. The maximum Gasteiger partial charge on any atom is 0.247 e. The van der Waals surface area contributed by atoms with Gasteiger partial charge in [0, 0.05) is 28.9 Å². The Labute approximate surface area is 179 Å². The highest BCUT2D eigenvalue weighted by Crippen LogP contribution is 2.32. The minimum absolute atomic E-state index is 0.0671. The molecule has 1 aliphatic carbocycles. The van der Waals surface area contributed by atoms with E-state index in [0.717, 1.165) is 40.8 Å². The maximum absolute atomic E-state index is 15.0. The van der Waals surface area contributed by atoms with Gasteiger partial charge in [0.2, 0.25) is 5.91 Å². The first-order valence-corrected chi connectivity index (χ1v) is 10.9. The summed E-state index contributed by atoms with van der Waals surface area (Å²) in [6.45, 7) is 9.68. The normalized spacial score (nSPS) is 15.0. The Morgan fingerprint density at radius 3 is 2.40 bits per heavy atom. The number of carbonyl (C=O) groups excluding carboxylic acids is 1. The van der Waals surface area contributed by atoms with Crippen molar-refractivity contribution in [2.75, 3.05) is 5.32 Å². The summed E-state index contributed by atoms with van der Waals surface area (Å²) in [5, 5.41) is 6.37. The van der Waals surface area contributed by atoms with Crippen molar-refractivity contribution >= 4 is 17.7 Å². The molecule has 0 radical (unpaired) electrons. The summed E-state index contributed by atoms with van der Waals surface area (Å²) >= 11 is 0. The summed E-state index contributed by atoms with van der Waals surface area (Å²) in [6.07, 6.45) is 6.71. The Balaban J connectivity index is 1.85. The zero-order valence-corrected chi connectivity index (χ0v) is 18.7. The molecule has 3 rings (SSSR count). The van der Waals surface area contributed by atoms with Gasteiger partial charge in [-0.15, -0.1) is 0 Å². The Kier molecular flexibility index (Phi) is 6.96. The number of hydrogen-bond acceptors (Lipinski definition) is 2. The van der Waals surface area contributed by atoms with Crippen LogP contribution < -0.4 is 10.6 Å². The standard InChI is InChI=1S/C26H33FN2O/c1-16(2)28-26(30)19(5)13-20-12-18(4)24(14-17(20)3)23-11-10-22(15-25(23)27)29-21-8-6-7-9-21/h10-16,21,29H,6-9H2,1-5H3,(H,28,30). The molecule has 0 unspecified atom stereocenters. The topological polar surface area (TPSA) is 41.1 Å². The van der Waals surface area contributed by atoms with Gasteiger partial charge in [-0.3, -0.25) is 4.79 Å². The van der Waals surface area contributed by atoms with Crippen LogP contribution in [0, 0.1) is 19.7 Å². The molecule has 3 nitrogen and oxygen atoms in total. The average Bonchev–Trinajstić information content (AvgIpc) is 3.17. The van der Waals surface area contributed by atoms with Crippen LogP contribution in [0.2, 0.25) is 0 Å². The van der Waals surface area contributed by atoms with Gasteiger partial charge in [-0.25, -0.2) is 4.39 Å². The van der Waals surface area contributed by atoms with Crippen LogP contribution in [0.25, 0.3) is 17.2 Å². The van der Waals surface area contributed by atoms with Crippen LogP contribution in [-0.4, -0.2) is 18.0 Å². The molecule has 160 valence electrons. The van der Waals surface area contributed by atoms with E-state index in [1.165, 1.54) is 12.8 Å². The lowest BCUT2D eigenvalue weighted by atomic mass is 9.93. The second kappa shape index (κ2) is 9.46. The van der Waals surface area contributed by atoms with Crippen molar-refractivity contribution in [3.8, 4) is 11.1 Å². The van der Waals surface area contributed by atoms with Gasteiger partial charge in [0.1, 0.15) is 5.82 Å². The first kappa shape index (κ1) is 22.1. The van der Waals surface area contributed by atoms with Gasteiger partial charge in [-0.2, -0.15) is 0 Å². The van der Waals surface area contributed by atoms with E-state index in [1.807, 2.05) is 65.0 Å². The van der Waals surface area contributed by atoms with Crippen molar-refractivity contribution in [3.05, 3.63) is 58.4 Å². The van der Waals surface area contributed by atoms with E-state index in [9.17, 15) is 9.18 Å². The summed E-state index contributed by atoms with van der Waals surface area (Å²) in [6, 6.07) is 10.0. The van der Waals surface area contributed by atoms with E-state index in [4.69, 9.17) is 0 Å². The van der Waals surface area contributed by atoms with Crippen LogP contribution in [0.1, 0.15) is 63.1 Å². The van der Waals surface area contributed by atoms with E-state index >= 15 is 0 Å². The van der Waals surface area contributed by atoms with Gasteiger partial charge in [0.15, 0.2) is 0 Å². The quantitative estimate of drug-likeness (QED) is 0.544. The summed E-state index contributed by atoms with van der Waals surface area (Å²) in [5.74, 6) is -0.279. The molecule has 2 aromatic rings. The fourth-order valence-corrected chi connectivity index (χ4v) is 4.09. The van der Waals surface area contributed by atoms with Gasteiger partial charge in [-0.1, -0.05) is 25.0 Å². The number of aryl methyl sites for hydroxylation is 2. The molecule has 0 saturated heterocycles. The number of carbonyl (C=O) groups is 1. The lowest BCUT2D eigenvalue weighted by Crippen LogP contribution is -2.30. The highest BCUT2D eigenvalue weighted by molar-refractivity contribution is 5.97. The smallest absolute Gasteiger partial charge is 0.247 e. The van der Waals surface area contributed by atoms with E-state index in [2.05, 4.69) is 10.6 Å². The maximum atomic E-state index is 15.0. The Bertz CT molecular complexity index is 956. The average molecular weight is 409 g/mol. The van der Waals surface area contributed by atoms with Crippen molar-refractivity contribution in [1.29, 1.82) is 0 Å². The Morgan fingerprint density at radius 1 is 1.07 bits per heavy atom. The van der Waals surface area contributed by atoms with Gasteiger partial charge >= 0.3 is 0 Å². The second-order valence-electron chi connectivity index (χ2n) is 8.80. The summed E-state index contributed by atoms with van der Waals surface area (Å²) < 4.78 is 15.0. The number of hydrogen-bond donors (Lipinski definition) is 2. The zero-order chi connectivity index (χ0) is 21.8. The molecule has 2 N–H and O–H groups in total. The van der Waals surface area contributed by atoms with Gasteiger partial charge in [-0.05, 0) is 94.0 Å². The molecule has 0 aromatic heterocycles. The second-order valence-corrected chi connectivity index (χ2v) is 8.80. The van der Waals surface area contributed by atoms with Crippen molar-refractivity contribution < 1.29 is 9.18 Å². The number of nitrogens with one attached hydrogen (secondary N) is 2. The van der Waals surface area contributed by atoms with Crippen LogP contribution in [-0.2, 0) is 4.79 Å². The van der Waals surface area contributed by atoms with E-state index in [-0.39, 0.29) is 17.8 Å². The van der Waals surface area contributed by atoms with Crippen molar-refractivity contribution in [1.82, 2.24) is 5.32 Å². The van der Waals surface area contributed by atoms with E-state index < -0.39 is 0 Å². The lowest BCUT2D eigenvalue weighted by Gasteiger charge is -2.16. The minimum Gasteiger partial charge on any atom is -0.382 e. The minimum atomic E-state index is -0.212. The lowest BCUT2D eigenvalue weighted by molar-refractivity contribution is -0.117. The summed E-state index contributed by atoms with van der Waals surface area (Å²) in [4.78, 5) is 12.2. The molecular weight excluding hydrogens is 375 g/mol. The molecule has 4 heteroatoms. The van der Waals surface area contributed by atoms with Crippen LogP contribution in [0.4, 0.5) is 10.1 Å².